The first-order chi connectivity index (χ1) is 13.7. The van der Waals surface area contributed by atoms with Gasteiger partial charge in [0.05, 0.1) is 0 Å². The Labute approximate surface area is 163 Å². The highest BCUT2D eigenvalue weighted by Crippen LogP contribution is 2.21. The fourth-order valence-electron chi connectivity index (χ4n) is 3.40. The Kier molecular flexibility index (Phi) is 5.18. The number of carbonyl (C=O) groups excluding carboxylic acids is 1. The summed E-state index contributed by atoms with van der Waals surface area (Å²) in [4.78, 5) is 18.9. The Hall–Kier alpha value is -3.42. The molecule has 0 radical (unpaired) electrons. The van der Waals surface area contributed by atoms with E-state index in [1.54, 1.807) is 12.4 Å². The maximum absolute atomic E-state index is 12.6. The highest BCUT2D eigenvalue weighted by atomic mass is 16.2. The molecule has 2 aromatic heterocycles. The molecule has 0 aliphatic carbocycles. The first kappa shape index (κ1) is 18.0. The van der Waals surface area contributed by atoms with Crippen molar-refractivity contribution in [3.8, 4) is 11.4 Å². The molecule has 0 unspecified atom stereocenters. The Bertz CT molecular complexity index is 932. The van der Waals surface area contributed by atoms with Crippen LogP contribution in [0.15, 0.2) is 55.0 Å². The third-order valence-corrected chi connectivity index (χ3v) is 4.90. The molecule has 3 aromatic rings. The number of amides is 2. The summed E-state index contributed by atoms with van der Waals surface area (Å²) in [5.74, 6) is 1.64. The normalized spacial score (nSPS) is 14.7. The van der Waals surface area contributed by atoms with Crippen LogP contribution in [0.4, 0.5) is 16.3 Å². The molecule has 3 heterocycles. The van der Waals surface area contributed by atoms with E-state index in [9.17, 15) is 4.79 Å². The molecule has 2 N–H and O–H groups in total. The van der Waals surface area contributed by atoms with Crippen molar-refractivity contribution in [1.29, 1.82) is 0 Å². The zero-order chi connectivity index (χ0) is 19.3. The lowest BCUT2D eigenvalue weighted by atomic mass is 10.1. The van der Waals surface area contributed by atoms with Crippen LogP contribution in [0.2, 0.25) is 0 Å². The predicted molar refractivity (Wildman–Crippen MR) is 108 cm³/mol. The molecule has 0 atom stereocenters. The molecular formula is C20H23N7O. The number of likely N-dealkylation sites (tertiary alicyclic amines) is 1. The fourth-order valence-corrected chi connectivity index (χ4v) is 3.40. The number of imidazole rings is 1. The van der Waals surface area contributed by atoms with Crippen LogP contribution in [0, 0.1) is 0 Å². The minimum Gasteiger partial charge on any atom is -0.366 e. The van der Waals surface area contributed by atoms with Crippen LogP contribution in [0.3, 0.4) is 0 Å². The topological polar surface area (TPSA) is 88.0 Å². The van der Waals surface area contributed by atoms with Gasteiger partial charge in [0.15, 0.2) is 0 Å². The third kappa shape index (κ3) is 4.11. The van der Waals surface area contributed by atoms with Crippen LogP contribution in [0.5, 0.6) is 0 Å². The Morgan fingerprint density at radius 3 is 2.71 bits per heavy atom. The molecule has 2 amide bonds. The molecule has 1 saturated heterocycles. The number of aromatic nitrogens is 4. The molecule has 1 fully saturated rings. The van der Waals surface area contributed by atoms with Crippen LogP contribution in [-0.2, 0) is 7.05 Å². The molecule has 0 spiro atoms. The molecule has 4 rings (SSSR count). The van der Waals surface area contributed by atoms with E-state index in [2.05, 4.69) is 25.8 Å². The summed E-state index contributed by atoms with van der Waals surface area (Å²) >= 11 is 0. The summed E-state index contributed by atoms with van der Waals surface area (Å²) in [5.41, 5.74) is 1.74. The van der Waals surface area contributed by atoms with Gasteiger partial charge in [-0.2, -0.15) is 5.10 Å². The maximum atomic E-state index is 12.6. The third-order valence-electron chi connectivity index (χ3n) is 4.90. The summed E-state index contributed by atoms with van der Waals surface area (Å²) in [7, 11) is 1.95. The van der Waals surface area contributed by atoms with Gasteiger partial charge >= 0.3 is 6.03 Å². The van der Waals surface area contributed by atoms with E-state index >= 15 is 0 Å². The first-order valence-electron chi connectivity index (χ1n) is 9.37. The van der Waals surface area contributed by atoms with Crippen molar-refractivity contribution >= 4 is 17.5 Å². The maximum Gasteiger partial charge on any atom is 0.321 e. The molecule has 1 aliphatic heterocycles. The average Bonchev–Trinajstić information content (AvgIpc) is 3.15. The number of nitrogens with zero attached hydrogens (tertiary/aromatic N) is 5. The van der Waals surface area contributed by atoms with E-state index in [4.69, 9.17) is 0 Å². The highest BCUT2D eigenvalue weighted by molar-refractivity contribution is 5.90. The molecule has 8 heteroatoms. The fraction of sp³-hybridized carbons (Fsp3) is 0.300. The second-order valence-electron chi connectivity index (χ2n) is 6.89. The summed E-state index contributed by atoms with van der Waals surface area (Å²) in [5, 5.41) is 14.3. The summed E-state index contributed by atoms with van der Waals surface area (Å²) in [6, 6.07) is 11.7. The second kappa shape index (κ2) is 8.08. The largest absolute Gasteiger partial charge is 0.366 e. The van der Waals surface area contributed by atoms with E-state index in [1.165, 1.54) is 0 Å². The van der Waals surface area contributed by atoms with Gasteiger partial charge in [-0.3, -0.25) is 0 Å². The minimum atomic E-state index is -0.0741. The van der Waals surface area contributed by atoms with E-state index in [-0.39, 0.29) is 6.03 Å². The predicted octanol–water partition coefficient (Wildman–Crippen LogP) is 2.99. The SMILES string of the molecule is Cn1ccnc1-c1cccc(NC(=O)N2CCC(Nc3cccnn3)CC2)c1. The summed E-state index contributed by atoms with van der Waals surface area (Å²) in [6.45, 7) is 1.39. The lowest BCUT2D eigenvalue weighted by Crippen LogP contribution is -2.44. The van der Waals surface area contributed by atoms with E-state index in [1.807, 2.05) is 59.1 Å². The molecule has 0 bridgehead atoms. The van der Waals surface area contributed by atoms with Gasteiger partial charge in [-0.05, 0) is 37.1 Å². The van der Waals surface area contributed by atoms with Crippen molar-refractivity contribution in [2.24, 2.45) is 7.05 Å². The molecule has 1 aromatic carbocycles. The van der Waals surface area contributed by atoms with Gasteiger partial charge in [-0.15, -0.1) is 5.10 Å². The minimum absolute atomic E-state index is 0.0741. The number of hydrogen-bond donors (Lipinski definition) is 2. The van der Waals surface area contributed by atoms with Crippen molar-refractivity contribution < 1.29 is 4.79 Å². The van der Waals surface area contributed by atoms with Crippen molar-refractivity contribution in [2.45, 2.75) is 18.9 Å². The molecule has 0 saturated carbocycles. The van der Waals surface area contributed by atoms with Crippen molar-refractivity contribution in [1.82, 2.24) is 24.6 Å². The number of benzene rings is 1. The quantitative estimate of drug-likeness (QED) is 0.730. The summed E-state index contributed by atoms with van der Waals surface area (Å²) < 4.78 is 1.95. The molecule has 1 aliphatic rings. The Balaban J connectivity index is 1.33. The van der Waals surface area contributed by atoms with Crippen LogP contribution in [0.25, 0.3) is 11.4 Å². The smallest absolute Gasteiger partial charge is 0.321 e. The number of hydrogen-bond acceptors (Lipinski definition) is 5. The number of piperidine rings is 1. The van der Waals surface area contributed by atoms with Crippen molar-refractivity contribution in [3.63, 3.8) is 0 Å². The lowest BCUT2D eigenvalue weighted by Gasteiger charge is -2.32. The van der Waals surface area contributed by atoms with Gasteiger partial charge in [0.2, 0.25) is 0 Å². The zero-order valence-corrected chi connectivity index (χ0v) is 15.7. The first-order valence-corrected chi connectivity index (χ1v) is 9.37. The second-order valence-corrected chi connectivity index (χ2v) is 6.89. The Morgan fingerprint density at radius 1 is 1.14 bits per heavy atom. The number of urea groups is 1. The lowest BCUT2D eigenvalue weighted by molar-refractivity contribution is 0.197. The van der Waals surface area contributed by atoms with E-state index < -0.39 is 0 Å². The zero-order valence-electron chi connectivity index (χ0n) is 15.7. The van der Waals surface area contributed by atoms with Crippen molar-refractivity contribution in [2.75, 3.05) is 23.7 Å². The molecular weight excluding hydrogens is 354 g/mol. The number of anilines is 2. The number of nitrogens with one attached hydrogen (secondary N) is 2. The van der Waals surface area contributed by atoms with Crippen LogP contribution in [-0.4, -0.2) is 49.8 Å². The van der Waals surface area contributed by atoms with Crippen LogP contribution in [0.1, 0.15) is 12.8 Å². The van der Waals surface area contributed by atoms with Gasteiger partial charge in [-0.1, -0.05) is 12.1 Å². The van der Waals surface area contributed by atoms with Crippen LogP contribution < -0.4 is 10.6 Å². The summed E-state index contributed by atoms with van der Waals surface area (Å²) in [6.07, 6.45) is 7.06. The molecule has 8 nitrogen and oxygen atoms in total. The number of carbonyl (C=O) groups is 1. The standard InChI is InChI=1S/C20H23N7O/c1-26-13-10-21-19(26)15-4-2-5-17(14-15)24-20(28)27-11-7-16(8-12-27)23-18-6-3-9-22-25-18/h2-6,9-10,13-14,16H,7-8,11-12H2,1H3,(H,23,25)(H,24,28). The van der Waals surface area contributed by atoms with E-state index in [0.29, 0.717) is 19.1 Å². The molecule has 28 heavy (non-hydrogen) atoms. The van der Waals surface area contributed by atoms with Gasteiger partial charge in [0.1, 0.15) is 11.6 Å². The number of aryl methyl sites for hydroxylation is 1. The van der Waals surface area contributed by atoms with Gasteiger partial charge < -0.3 is 20.1 Å². The van der Waals surface area contributed by atoms with Gasteiger partial charge in [-0.25, -0.2) is 9.78 Å². The molecule has 144 valence electrons. The van der Waals surface area contributed by atoms with E-state index in [0.717, 1.165) is 35.7 Å². The highest BCUT2D eigenvalue weighted by Gasteiger charge is 2.23. The monoisotopic (exact) mass is 377 g/mol. The number of rotatable bonds is 4. The van der Waals surface area contributed by atoms with Gasteiger partial charge in [0, 0.05) is 56.0 Å². The Morgan fingerprint density at radius 2 is 2.00 bits per heavy atom. The van der Waals surface area contributed by atoms with Gasteiger partial charge in [0.25, 0.3) is 0 Å². The van der Waals surface area contributed by atoms with Crippen LogP contribution >= 0.6 is 0 Å². The van der Waals surface area contributed by atoms with Crippen molar-refractivity contribution in [3.05, 3.63) is 55.0 Å². The average molecular weight is 377 g/mol.